The Labute approximate surface area is 217 Å². The first-order chi connectivity index (χ1) is 17.1. The number of alkyl halides is 3. The van der Waals surface area contributed by atoms with Crippen LogP contribution in [0.25, 0.3) is 0 Å². The van der Waals surface area contributed by atoms with Crippen molar-refractivity contribution in [2.75, 3.05) is 17.7 Å². The average molecular weight is 536 g/mol. The molecule has 0 amide bonds. The highest BCUT2D eigenvalue weighted by Crippen LogP contribution is 2.31. The monoisotopic (exact) mass is 535 g/mol. The Hall–Kier alpha value is -3.02. The average Bonchev–Trinajstić information content (AvgIpc) is 3.23. The van der Waals surface area contributed by atoms with Gasteiger partial charge in [0.15, 0.2) is 5.13 Å². The lowest BCUT2D eigenvalue weighted by molar-refractivity contribution is -0.137. The maximum Gasteiger partial charge on any atom is 0.416 e. The van der Waals surface area contributed by atoms with Crippen LogP contribution in [-0.2, 0) is 30.4 Å². The minimum Gasteiger partial charge on any atom is -0.401 e. The molecule has 0 radical (unpaired) electrons. The van der Waals surface area contributed by atoms with Crippen molar-refractivity contribution < 1.29 is 17.9 Å². The summed E-state index contributed by atoms with van der Waals surface area (Å²) >= 11 is 6.96. The molecular formula is C25H28F3N5OS2. The van der Waals surface area contributed by atoms with Gasteiger partial charge in [-0.05, 0) is 48.2 Å². The number of hydrogen-bond acceptors (Lipinski definition) is 7. The van der Waals surface area contributed by atoms with E-state index in [-0.39, 0.29) is 6.61 Å². The minimum absolute atomic E-state index is 0.274. The van der Waals surface area contributed by atoms with Gasteiger partial charge in [-0.15, -0.1) is 0 Å². The van der Waals surface area contributed by atoms with E-state index in [0.717, 1.165) is 34.2 Å². The van der Waals surface area contributed by atoms with Crippen LogP contribution >= 0.6 is 23.6 Å². The molecule has 0 saturated heterocycles. The van der Waals surface area contributed by atoms with Crippen molar-refractivity contribution in [3.05, 3.63) is 81.4 Å². The number of nitrogens with zero attached hydrogens (tertiary/aromatic N) is 2. The number of allylic oxidation sites excluding steroid dienone is 1. The highest BCUT2D eigenvalue weighted by atomic mass is 32.1. The molecule has 0 bridgehead atoms. The fourth-order valence-corrected chi connectivity index (χ4v) is 4.71. The molecule has 4 N–H and O–H groups in total. The van der Waals surface area contributed by atoms with Gasteiger partial charge in [0.05, 0.1) is 22.7 Å². The van der Waals surface area contributed by atoms with Gasteiger partial charge in [0, 0.05) is 43.5 Å². The Morgan fingerprint density at radius 2 is 2.03 bits per heavy atom. The number of halogens is 3. The van der Waals surface area contributed by atoms with Gasteiger partial charge in [-0.3, -0.25) is 4.98 Å². The summed E-state index contributed by atoms with van der Waals surface area (Å²) in [6.45, 7) is 4.14. The third kappa shape index (κ3) is 7.25. The third-order valence-electron chi connectivity index (χ3n) is 5.28. The Kier molecular flexibility index (Phi) is 9.41. The van der Waals surface area contributed by atoms with Crippen molar-refractivity contribution in [3.8, 4) is 0 Å². The Morgan fingerprint density at radius 1 is 1.25 bits per heavy atom. The van der Waals surface area contributed by atoms with Crippen molar-refractivity contribution in [2.24, 2.45) is 5.73 Å². The lowest BCUT2D eigenvalue weighted by Crippen LogP contribution is -2.12. The van der Waals surface area contributed by atoms with E-state index >= 15 is 0 Å². The second-order valence-corrected chi connectivity index (χ2v) is 9.55. The maximum atomic E-state index is 13.1. The summed E-state index contributed by atoms with van der Waals surface area (Å²) in [5.41, 5.74) is 9.91. The van der Waals surface area contributed by atoms with Crippen LogP contribution in [0.2, 0.25) is 0 Å². The lowest BCUT2D eigenvalue weighted by Gasteiger charge is -2.13. The molecule has 3 aromatic rings. The second-order valence-electron chi connectivity index (χ2n) is 8.14. The quantitative estimate of drug-likeness (QED) is 0.266. The normalized spacial score (nSPS) is 12.0. The topological polar surface area (TPSA) is 85.1 Å². The fraction of sp³-hybridized carbons (Fsp3) is 0.320. The molecule has 0 aliphatic heterocycles. The molecule has 0 spiro atoms. The summed E-state index contributed by atoms with van der Waals surface area (Å²) in [7, 11) is 1.58. The van der Waals surface area contributed by atoms with Crippen LogP contribution in [-0.4, -0.2) is 22.1 Å². The van der Waals surface area contributed by atoms with Crippen molar-refractivity contribution in [1.29, 1.82) is 0 Å². The molecule has 3 rings (SSSR count). The molecule has 192 valence electrons. The van der Waals surface area contributed by atoms with Crippen LogP contribution < -0.4 is 16.4 Å². The zero-order valence-electron chi connectivity index (χ0n) is 20.2. The first kappa shape index (κ1) is 27.6. The second kappa shape index (κ2) is 12.3. The summed E-state index contributed by atoms with van der Waals surface area (Å²) < 4.78 is 44.6. The number of hydrogen-bond donors (Lipinski definition) is 3. The number of benzene rings is 1. The van der Waals surface area contributed by atoms with Gasteiger partial charge in [-0.2, -0.15) is 13.2 Å². The number of pyridine rings is 1. The van der Waals surface area contributed by atoms with E-state index in [1.807, 2.05) is 19.9 Å². The Morgan fingerprint density at radius 3 is 2.69 bits per heavy atom. The number of aryl methyl sites for hydroxylation is 2. The SMILES string of the molecule is CCCc1cc(C(F)(F)F)ccc1C/C(N)=C/Nc1nc(COC)c(C(=S)Nc2ccncc2C)s1. The van der Waals surface area contributed by atoms with E-state index in [1.165, 1.54) is 23.5 Å². The maximum absolute atomic E-state index is 13.1. The summed E-state index contributed by atoms with van der Waals surface area (Å²) in [5.74, 6) is 0. The minimum atomic E-state index is -4.38. The number of methoxy groups -OCH3 is 1. The van der Waals surface area contributed by atoms with Crippen LogP contribution in [0.4, 0.5) is 24.0 Å². The van der Waals surface area contributed by atoms with E-state index in [1.54, 1.807) is 25.7 Å². The van der Waals surface area contributed by atoms with Gasteiger partial charge in [-0.25, -0.2) is 4.98 Å². The van der Waals surface area contributed by atoms with Crippen molar-refractivity contribution in [3.63, 3.8) is 0 Å². The first-order valence-electron chi connectivity index (χ1n) is 11.2. The molecule has 36 heavy (non-hydrogen) atoms. The highest BCUT2D eigenvalue weighted by molar-refractivity contribution is 7.81. The molecule has 2 heterocycles. The highest BCUT2D eigenvalue weighted by Gasteiger charge is 2.30. The fourth-order valence-electron chi connectivity index (χ4n) is 3.52. The van der Waals surface area contributed by atoms with E-state index in [2.05, 4.69) is 20.6 Å². The number of nitrogens with one attached hydrogen (secondary N) is 2. The van der Waals surface area contributed by atoms with Gasteiger partial charge in [0.25, 0.3) is 0 Å². The largest absolute Gasteiger partial charge is 0.416 e. The number of ether oxygens (including phenoxy) is 1. The summed E-state index contributed by atoms with van der Waals surface area (Å²) in [6.07, 6.45) is 2.24. The third-order valence-corrected chi connectivity index (χ3v) is 6.76. The molecule has 0 fully saturated rings. The van der Waals surface area contributed by atoms with Crippen LogP contribution in [0.1, 0.15) is 46.2 Å². The number of nitrogens with two attached hydrogens (primary N) is 1. The molecule has 0 unspecified atom stereocenters. The van der Waals surface area contributed by atoms with Crippen molar-refractivity contribution >= 4 is 39.4 Å². The van der Waals surface area contributed by atoms with Crippen molar-refractivity contribution in [1.82, 2.24) is 9.97 Å². The number of thiazole rings is 1. The van der Waals surface area contributed by atoms with Crippen molar-refractivity contribution in [2.45, 2.75) is 45.9 Å². The van der Waals surface area contributed by atoms with E-state index in [9.17, 15) is 13.2 Å². The molecule has 11 heteroatoms. The van der Waals surface area contributed by atoms with Crippen LogP contribution in [0, 0.1) is 6.92 Å². The molecule has 0 aliphatic rings. The standard InChI is InChI=1S/C25H28F3N5OS2/c1-4-5-16-10-18(25(26,27)28)7-6-17(16)11-19(29)13-31-24-33-21(14-34-3)22(36-24)23(35)32-20-8-9-30-12-15(20)2/h6-10,12-13H,4-5,11,14,29H2,1-3H3,(H,31,33)(H,30,32,35)/b19-13-. The molecule has 1 aromatic carbocycles. The molecular weight excluding hydrogens is 507 g/mol. The predicted octanol–water partition coefficient (Wildman–Crippen LogP) is 6.21. The molecule has 0 saturated carbocycles. The Bertz CT molecular complexity index is 1240. The van der Waals surface area contributed by atoms with Crippen LogP contribution in [0.15, 0.2) is 48.6 Å². The number of anilines is 2. The summed E-state index contributed by atoms with van der Waals surface area (Å²) in [6, 6.07) is 5.65. The van der Waals surface area contributed by atoms with Gasteiger partial charge in [0.2, 0.25) is 0 Å². The zero-order valence-corrected chi connectivity index (χ0v) is 21.8. The Balaban J connectivity index is 1.76. The van der Waals surface area contributed by atoms with Gasteiger partial charge >= 0.3 is 6.18 Å². The lowest BCUT2D eigenvalue weighted by atomic mass is 9.97. The first-order valence-corrected chi connectivity index (χ1v) is 12.5. The van der Waals surface area contributed by atoms with Crippen LogP contribution in [0.5, 0.6) is 0 Å². The van der Waals surface area contributed by atoms with Crippen LogP contribution in [0.3, 0.4) is 0 Å². The zero-order chi connectivity index (χ0) is 26.3. The van der Waals surface area contributed by atoms with Gasteiger partial charge in [0.1, 0.15) is 4.99 Å². The number of rotatable bonds is 10. The molecule has 0 atom stereocenters. The smallest absolute Gasteiger partial charge is 0.401 e. The molecule has 2 aromatic heterocycles. The number of aromatic nitrogens is 2. The number of thiocarbonyl (C=S) groups is 1. The molecule has 6 nitrogen and oxygen atoms in total. The van der Waals surface area contributed by atoms with E-state index in [0.29, 0.717) is 39.9 Å². The summed E-state index contributed by atoms with van der Waals surface area (Å²) in [4.78, 5) is 9.92. The van der Waals surface area contributed by atoms with Gasteiger partial charge < -0.3 is 21.1 Å². The predicted molar refractivity (Wildman–Crippen MR) is 142 cm³/mol. The molecule has 0 aliphatic carbocycles. The summed E-state index contributed by atoms with van der Waals surface area (Å²) in [5, 5.41) is 6.88. The van der Waals surface area contributed by atoms with Gasteiger partial charge in [-0.1, -0.05) is 43.0 Å². The van der Waals surface area contributed by atoms with E-state index in [4.69, 9.17) is 22.7 Å². The van der Waals surface area contributed by atoms with E-state index < -0.39 is 11.7 Å².